The van der Waals surface area contributed by atoms with Crippen LogP contribution in [0.5, 0.6) is 0 Å². The molecule has 1 aromatic rings. The summed E-state index contributed by atoms with van der Waals surface area (Å²) in [5, 5.41) is 8.97. The second kappa shape index (κ2) is 6.35. The van der Waals surface area contributed by atoms with E-state index < -0.39 is 27.9 Å². The molecular weight excluding hydrogens is 378 g/mol. The number of hydrogen-bond acceptors (Lipinski definition) is 5. The Morgan fingerprint density at radius 3 is 2.59 bits per heavy atom. The van der Waals surface area contributed by atoms with E-state index >= 15 is 0 Å². The molecule has 1 N–H and O–H groups in total. The fourth-order valence-corrected chi connectivity index (χ4v) is 4.46. The van der Waals surface area contributed by atoms with Crippen molar-refractivity contribution in [3.05, 3.63) is 28.2 Å². The number of carbonyl (C=O) groups is 2. The van der Waals surface area contributed by atoms with Gasteiger partial charge in [0.1, 0.15) is 0 Å². The maximum absolute atomic E-state index is 12.6. The SMILES string of the molecule is COC(=O)c1cc(Br)cc(S(=O)(=O)N2CCC(C(=O)O)C2)c1. The van der Waals surface area contributed by atoms with Crippen molar-refractivity contribution in [3.63, 3.8) is 0 Å². The normalized spacial score (nSPS) is 19.1. The molecule has 1 atom stereocenters. The predicted molar refractivity (Wildman–Crippen MR) is 80.0 cm³/mol. The summed E-state index contributed by atoms with van der Waals surface area (Å²) in [5.74, 6) is -2.37. The molecule has 0 aliphatic carbocycles. The van der Waals surface area contributed by atoms with Gasteiger partial charge in [0, 0.05) is 17.6 Å². The molecule has 1 heterocycles. The summed E-state index contributed by atoms with van der Waals surface area (Å²) in [6.45, 7) is 0.0666. The standard InChI is InChI=1S/C13H14BrNO6S/c1-21-13(18)9-4-10(14)6-11(5-9)22(19,20)15-3-2-8(7-15)12(16)17/h4-6,8H,2-3,7H2,1H3,(H,16,17). The highest BCUT2D eigenvalue weighted by Gasteiger charge is 2.36. The van der Waals surface area contributed by atoms with Crippen LogP contribution < -0.4 is 0 Å². The van der Waals surface area contributed by atoms with Crippen LogP contribution in [-0.4, -0.2) is 50.0 Å². The van der Waals surface area contributed by atoms with Gasteiger partial charge in [0.15, 0.2) is 0 Å². The van der Waals surface area contributed by atoms with Crippen LogP contribution in [0.1, 0.15) is 16.8 Å². The first-order chi connectivity index (χ1) is 10.3. The van der Waals surface area contributed by atoms with Crippen molar-refractivity contribution in [2.24, 2.45) is 5.92 Å². The molecular formula is C13H14BrNO6S. The van der Waals surface area contributed by atoms with Crippen molar-refractivity contribution in [1.82, 2.24) is 4.31 Å². The minimum Gasteiger partial charge on any atom is -0.481 e. The third-order valence-electron chi connectivity index (χ3n) is 3.43. The summed E-state index contributed by atoms with van der Waals surface area (Å²) in [6, 6.07) is 4.05. The number of carbonyl (C=O) groups excluding carboxylic acids is 1. The van der Waals surface area contributed by atoms with Crippen molar-refractivity contribution in [3.8, 4) is 0 Å². The number of halogens is 1. The maximum atomic E-state index is 12.6. The van der Waals surface area contributed by atoms with Crippen LogP contribution in [0.25, 0.3) is 0 Å². The fraction of sp³-hybridized carbons (Fsp3) is 0.385. The topological polar surface area (TPSA) is 101 Å². The molecule has 0 radical (unpaired) electrons. The predicted octanol–water partition coefficient (Wildman–Crippen LogP) is 1.33. The molecule has 1 aromatic carbocycles. The molecule has 1 saturated heterocycles. The number of methoxy groups -OCH3 is 1. The minimum absolute atomic E-state index is 0.0717. The van der Waals surface area contributed by atoms with Gasteiger partial charge in [-0.25, -0.2) is 13.2 Å². The van der Waals surface area contributed by atoms with E-state index in [0.717, 1.165) is 4.31 Å². The molecule has 22 heavy (non-hydrogen) atoms. The van der Waals surface area contributed by atoms with Crippen LogP contribution in [0.2, 0.25) is 0 Å². The van der Waals surface area contributed by atoms with Gasteiger partial charge >= 0.3 is 11.9 Å². The number of ether oxygens (including phenoxy) is 1. The molecule has 0 aromatic heterocycles. The Bertz CT molecular complexity index is 717. The lowest BCUT2D eigenvalue weighted by Crippen LogP contribution is -2.30. The lowest BCUT2D eigenvalue weighted by Gasteiger charge is -2.16. The molecule has 0 amide bonds. The molecule has 0 saturated carbocycles. The van der Waals surface area contributed by atoms with Crippen molar-refractivity contribution in [1.29, 1.82) is 0 Å². The average molecular weight is 392 g/mol. The van der Waals surface area contributed by atoms with E-state index in [1.165, 1.54) is 25.3 Å². The molecule has 0 bridgehead atoms. The highest BCUT2D eigenvalue weighted by molar-refractivity contribution is 9.10. The molecule has 1 aliphatic heterocycles. The van der Waals surface area contributed by atoms with Crippen molar-refractivity contribution in [2.45, 2.75) is 11.3 Å². The van der Waals surface area contributed by atoms with Crippen LogP contribution in [0, 0.1) is 5.92 Å². The smallest absolute Gasteiger partial charge is 0.337 e. The zero-order valence-corrected chi connectivity index (χ0v) is 14.1. The summed E-state index contributed by atoms with van der Waals surface area (Å²) in [4.78, 5) is 22.5. The summed E-state index contributed by atoms with van der Waals surface area (Å²) >= 11 is 3.16. The second-order valence-electron chi connectivity index (χ2n) is 4.85. The van der Waals surface area contributed by atoms with Crippen LogP contribution >= 0.6 is 15.9 Å². The van der Waals surface area contributed by atoms with Crippen molar-refractivity contribution in [2.75, 3.05) is 20.2 Å². The van der Waals surface area contributed by atoms with E-state index in [1.807, 2.05) is 0 Å². The van der Waals surface area contributed by atoms with Crippen LogP contribution in [0.15, 0.2) is 27.6 Å². The van der Waals surface area contributed by atoms with Gasteiger partial charge in [0.25, 0.3) is 0 Å². The number of carboxylic acids is 1. The second-order valence-corrected chi connectivity index (χ2v) is 7.71. The zero-order valence-electron chi connectivity index (χ0n) is 11.7. The Morgan fingerprint density at radius 2 is 2.05 bits per heavy atom. The zero-order chi connectivity index (χ0) is 16.5. The van der Waals surface area contributed by atoms with E-state index in [-0.39, 0.29) is 30.0 Å². The lowest BCUT2D eigenvalue weighted by molar-refractivity contribution is -0.141. The molecule has 1 unspecified atom stereocenters. The van der Waals surface area contributed by atoms with E-state index in [4.69, 9.17) is 5.11 Å². The van der Waals surface area contributed by atoms with Gasteiger partial charge < -0.3 is 9.84 Å². The number of sulfonamides is 1. The van der Waals surface area contributed by atoms with Gasteiger partial charge in [-0.05, 0) is 24.6 Å². The largest absolute Gasteiger partial charge is 0.481 e. The molecule has 0 spiro atoms. The van der Waals surface area contributed by atoms with Crippen LogP contribution in [0.3, 0.4) is 0 Å². The van der Waals surface area contributed by atoms with E-state index in [0.29, 0.717) is 4.47 Å². The van der Waals surface area contributed by atoms with E-state index in [2.05, 4.69) is 20.7 Å². The van der Waals surface area contributed by atoms with E-state index in [9.17, 15) is 18.0 Å². The summed E-state index contributed by atoms with van der Waals surface area (Å²) in [6.07, 6.45) is 0.270. The van der Waals surface area contributed by atoms with Crippen molar-refractivity contribution < 1.29 is 27.9 Å². The number of aliphatic carboxylic acids is 1. The Morgan fingerprint density at radius 1 is 1.36 bits per heavy atom. The van der Waals surface area contributed by atoms with Gasteiger partial charge in [-0.1, -0.05) is 15.9 Å². The van der Waals surface area contributed by atoms with Gasteiger partial charge in [0.2, 0.25) is 10.0 Å². The Kier molecular flexibility index (Phi) is 4.88. The van der Waals surface area contributed by atoms with Gasteiger partial charge in [0.05, 0.1) is 23.5 Å². The first kappa shape index (κ1) is 16.9. The summed E-state index contributed by atoms with van der Waals surface area (Å²) in [7, 11) is -2.66. The van der Waals surface area contributed by atoms with Crippen molar-refractivity contribution >= 4 is 37.9 Å². The van der Waals surface area contributed by atoms with Crippen LogP contribution in [-0.2, 0) is 19.6 Å². The lowest BCUT2D eigenvalue weighted by atomic mass is 10.1. The third-order valence-corrected chi connectivity index (χ3v) is 5.73. The summed E-state index contributed by atoms with van der Waals surface area (Å²) < 4.78 is 31.3. The quantitative estimate of drug-likeness (QED) is 0.776. The third kappa shape index (κ3) is 3.31. The first-order valence-electron chi connectivity index (χ1n) is 6.37. The van der Waals surface area contributed by atoms with Gasteiger partial charge in [-0.15, -0.1) is 0 Å². The van der Waals surface area contributed by atoms with Gasteiger partial charge in [-0.3, -0.25) is 4.79 Å². The Balaban J connectivity index is 2.36. The maximum Gasteiger partial charge on any atom is 0.337 e. The molecule has 1 aliphatic rings. The number of benzene rings is 1. The molecule has 120 valence electrons. The first-order valence-corrected chi connectivity index (χ1v) is 8.61. The molecule has 9 heteroatoms. The number of rotatable bonds is 4. The molecule has 2 rings (SSSR count). The fourth-order valence-electron chi connectivity index (χ4n) is 2.24. The number of nitrogens with zero attached hydrogens (tertiary/aromatic N) is 1. The number of carboxylic acid groups (broad SMARTS) is 1. The molecule has 1 fully saturated rings. The molecule has 7 nitrogen and oxygen atoms in total. The van der Waals surface area contributed by atoms with Gasteiger partial charge in [-0.2, -0.15) is 4.31 Å². The Hall–Kier alpha value is -1.45. The minimum atomic E-state index is -3.86. The summed E-state index contributed by atoms with van der Waals surface area (Å²) in [5.41, 5.74) is 0.101. The monoisotopic (exact) mass is 391 g/mol. The highest BCUT2D eigenvalue weighted by Crippen LogP contribution is 2.27. The average Bonchev–Trinajstić information content (AvgIpc) is 2.96. The number of hydrogen-bond donors (Lipinski definition) is 1. The van der Waals surface area contributed by atoms with Crippen LogP contribution in [0.4, 0.5) is 0 Å². The van der Waals surface area contributed by atoms with E-state index in [1.54, 1.807) is 0 Å². The Labute approximate surface area is 136 Å². The highest BCUT2D eigenvalue weighted by atomic mass is 79.9. The number of esters is 1.